The van der Waals surface area contributed by atoms with Crippen LogP contribution in [0.3, 0.4) is 0 Å². The van der Waals surface area contributed by atoms with Crippen LogP contribution >= 0.6 is 0 Å². The number of hydrogen-bond donors (Lipinski definition) is 2. The van der Waals surface area contributed by atoms with Crippen molar-refractivity contribution < 1.29 is 19.4 Å². The highest BCUT2D eigenvalue weighted by Crippen LogP contribution is 2.29. The number of hydrogen-bond acceptors (Lipinski definition) is 6. The molecule has 4 rings (SSSR count). The van der Waals surface area contributed by atoms with E-state index < -0.39 is 6.16 Å². The van der Waals surface area contributed by atoms with Crippen molar-refractivity contribution in [3.05, 3.63) is 69.8 Å². The van der Waals surface area contributed by atoms with E-state index in [1.807, 2.05) is 32.9 Å². The molecule has 2 aromatic carbocycles. The highest BCUT2D eigenvalue weighted by atomic mass is 16.7. The van der Waals surface area contributed by atoms with Gasteiger partial charge in [-0.25, -0.2) is 14.5 Å². The van der Waals surface area contributed by atoms with Gasteiger partial charge < -0.3 is 14.6 Å². The van der Waals surface area contributed by atoms with Gasteiger partial charge in [-0.3, -0.25) is 9.78 Å². The molecule has 0 aliphatic carbocycles. The molecule has 30 heavy (non-hydrogen) atoms. The van der Waals surface area contributed by atoms with Crippen LogP contribution in [-0.2, 0) is 0 Å². The number of fused-ring (bicyclic) bond motifs is 1. The summed E-state index contributed by atoms with van der Waals surface area (Å²) in [5, 5.41) is 13.0. The minimum absolute atomic E-state index is 0.0126. The molecule has 0 spiro atoms. The van der Waals surface area contributed by atoms with Gasteiger partial charge in [-0.05, 0) is 61.7 Å². The topological polar surface area (TPSA) is 119 Å². The lowest BCUT2D eigenvalue weighted by atomic mass is 10.1. The Morgan fingerprint density at radius 3 is 2.50 bits per heavy atom. The Kier molecular flexibility index (Phi) is 4.71. The summed E-state index contributed by atoms with van der Waals surface area (Å²) in [6.07, 6.45) is 1.06. The molecule has 2 heterocycles. The average molecular weight is 406 g/mol. The van der Waals surface area contributed by atoms with E-state index in [1.54, 1.807) is 12.1 Å². The number of benzene rings is 2. The zero-order chi connectivity index (χ0) is 21.4. The second-order valence-corrected chi connectivity index (χ2v) is 6.94. The SMILES string of the molecule is Cc1cc(C)cc(Oc2cc3c(=O)[nH]c(-n4cc(OC(=O)O)cn4)nc3cc2C)c1. The fourth-order valence-corrected chi connectivity index (χ4v) is 3.17. The molecule has 2 N–H and O–H groups in total. The van der Waals surface area contributed by atoms with Gasteiger partial charge in [0, 0.05) is 0 Å². The molecular weight excluding hydrogens is 388 g/mol. The van der Waals surface area contributed by atoms with Crippen LogP contribution in [0.1, 0.15) is 16.7 Å². The first-order valence-electron chi connectivity index (χ1n) is 9.05. The zero-order valence-corrected chi connectivity index (χ0v) is 16.5. The van der Waals surface area contributed by atoms with Crippen LogP contribution in [-0.4, -0.2) is 31.0 Å². The Morgan fingerprint density at radius 2 is 1.80 bits per heavy atom. The minimum Gasteiger partial charge on any atom is -0.457 e. The highest BCUT2D eigenvalue weighted by molar-refractivity contribution is 5.81. The summed E-state index contributed by atoms with van der Waals surface area (Å²) in [5.74, 6) is 1.40. The lowest BCUT2D eigenvalue weighted by molar-refractivity contribution is 0.144. The van der Waals surface area contributed by atoms with Gasteiger partial charge in [0.1, 0.15) is 11.5 Å². The lowest BCUT2D eigenvalue weighted by Gasteiger charge is -2.12. The summed E-state index contributed by atoms with van der Waals surface area (Å²) in [7, 11) is 0. The molecule has 4 aromatic rings. The predicted octanol–water partition coefficient (Wildman–Crippen LogP) is 3.88. The van der Waals surface area contributed by atoms with Crippen molar-refractivity contribution in [2.24, 2.45) is 0 Å². The Bertz CT molecular complexity index is 1320. The van der Waals surface area contributed by atoms with Crippen molar-refractivity contribution in [2.75, 3.05) is 0 Å². The third-order valence-electron chi connectivity index (χ3n) is 4.39. The van der Waals surface area contributed by atoms with Crippen molar-refractivity contribution in [2.45, 2.75) is 20.8 Å². The number of H-pyrrole nitrogens is 1. The third kappa shape index (κ3) is 3.86. The number of carboxylic acid groups (broad SMARTS) is 1. The first-order valence-corrected chi connectivity index (χ1v) is 9.05. The van der Waals surface area contributed by atoms with Gasteiger partial charge in [-0.15, -0.1) is 0 Å². The number of aryl methyl sites for hydroxylation is 3. The Morgan fingerprint density at radius 1 is 1.07 bits per heavy atom. The number of nitrogens with one attached hydrogen (secondary N) is 1. The standard InChI is InChI=1S/C21H18N4O5/c1-11-4-12(2)6-14(5-11)29-18-8-16-17(7-13(18)3)23-20(24-19(16)26)25-10-15(9-22-25)30-21(27)28/h4-10H,1-3H3,(H,27,28)(H,23,24,26). The second-order valence-electron chi connectivity index (χ2n) is 6.94. The maximum Gasteiger partial charge on any atom is 0.511 e. The normalized spacial score (nSPS) is 10.9. The quantitative estimate of drug-likeness (QED) is 0.494. The van der Waals surface area contributed by atoms with E-state index in [2.05, 4.69) is 25.9 Å². The molecule has 0 amide bonds. The fraction of sp³-hybridized carbons (Fsp3) is 0.143. The summed E-state index contributed by atoms with van der Waals surface area (Å²) >= 11 is 0. The molecule has 9 nitrogen and oxygen atoms in total. The van der Waals surface area contributed by atoms with Crippen molar-refractivity contribution in [1.82, 2.24) is 19.7 Å². The molecule has 0 atom stereocenters. The van der Waals surface area contributed by atoms with Crippen LogP contribution in [0.2, 0.25) is 0 Å². The Hall–Kier alpha value is -4.14. The zero-order valence-electron chi connectivity index (χ0n) is 16.5. The van der Waals surface area contributed by atoms with E-state index in [4.69, 9.17) is 9.84 Å². The van der Waals surface area contributed by atoms with Gasteiger partial charge in [0.25, 0.3) is 5.56 Å². The molecule has 2 aromatic heterocycles. The van der Waals surface area contributed by atoms with Crippen LogP contribution in [0.5, 0.6) is 17.2 Å². The van der Waals surface area contributed by atoms with E-state index in [0.717, 1.165) is 16.7 Å². The minimum atomic E-state index is -1.46. The van der Waals surface area contributed by atoms with Crippen LogP contribution in [0.4, 0.5) is 4.79 Å². The van der Waals surface area contributed by atoms with Crippen molar-refractivity contribution >= 4 is 17.1 Å². The van der Waals surface area contributed by atoms with Crippen LogP contribution in [0.15, 0.2) is 47.5 Å². The first kappa shape index (κ1) is 19.2. The number of aromatic amines is 1. The largest absolute Gasteiger partial charge is 0.511 e. The Labute approximate surface area is 170 Å². The average Bonchev–Trinajstić information content (AvgIpc) is 3.09. The monoisotopic (exact) mass is 406 g/mol. The second kappa shape index (κ2) is 7.36. The third-order valence-corrected chi connectivity index (χ3v) is 4.39. The van der Waals surface area contributed by atoms with E-state index in [9.17, 15) is 9.59 Å². The van der Waals surface area contributed by atoms with Gasteiger partial charge in [0.05, 0.1) is 23.3 Å². The van der Waals surface area contributed by atoms with E-state index in [-0.39, 0.29) is 17.3 Å². The van der Waals surface area contributed by atoms with Crippen LogP contribution in [0, 0.1) is 20.8 Å². The molecule has 0 fully saturated rings. The van der Waals surface area contributed by atoms with Gasteiger partial charge >= 0.3 is 6.16 Å². The maximum atomic E-state index is 12.7. The molecule has 0 saturated carbocycles. The predicted molar refractivity (Wildman–Crippen MR) is 109 cm³/mol. The van der Waals surface area contributed by atoms with Crippen molar-refractivity contribution in [1.29, 1.82) is 0 Å². The van der Waals surface area contributed by atoms with Gasteiger partial charge in [-0.1, -0.05) is 6.07 Å². The Balaban J connectivity index is 1.72. The lowest BCUT2D eigenvalue weighted by Crippen LogP contribution is -2.14. The molecule has 0 saturated heterocycles. The molecule has 152 valence electrons. The smallest absolute Gasteiger partial charge is 0.457 e. The molecule has 0 bridgehead atoms. The molecule has 0 radical (unpaired) electrons. The maximum absolute atomic E-state index is 12.7. The van der Waals surface area contributed by atoms with E-state index >= 15 is 0 Å². The summed E-state index contributed by atoms with van der Waals surface area (Å²) in [6.45, 7) is 5.85. The van der Waals surface area contributed by atoms with Gasteiger partial charge in [0.2, 0.25) is 5.95 Å². The fourth-order valence-electron chi connectivity index (χ4n) is 3.17. The summed E-state index contributed by atoms with van der Waals surface area (Å²) in [5.41, 5.74) is 3.05. The number of ether oxygens (including phenoxy) is 2. The van der Waals surface area contributed by atoms with Gasteiger partial charge in [0.15, 0.2) is 5.75 Å². The molecule has 9 heteroatoms. The van der Waals surface area contributed by atoms with Crippen molar-refractivity contribution in [3.8, 4) is 23.2 Å². The number of rotatable bonds is 4. The molecule has 0 unspecified atom stereocenters. The van der Waals surface area contributed by atoms with Gasteiger partial charge in [-0.2, -0.15) is 5.10 Å². The highest BCUT2D eigenvalue weighted by Gasteiger charge is 2.13. The van der Waals surface area contributed by atoms with Crippen LogP contribution < -0.4 is 15.0 Å². The number of nitrogens with zero attached hydrogens (tertiary/aromatic N) is 3. The first-order chi connectivity index (χ1) is 14.3. The van der Waals surface area contributed by atoms with Crippen molar-refractivity contribution in [3.63, 3.8) is 0 Å². The van der Waals surface area contributed by atoms with E-state index in [1.165, 1.54) is 17.1 Å². The number of aromatic nitrogens is 4. The number of carbonyl (C=O) groups is 1. The summed E-state index contributed by atoms with van der Waals surface area (Å²) < 4.78 is 11.8. The van der Waals surface area contributed by atoms with E-state index in [0.29, 0.717) is 22.4 Å². The molecular formula is C21H18N4O5. The molecule has 0 aliphatic heterocycles. The summed E-state index contributed by atoms with van der Waals surface area (Å²) in [6, 6.07) is 9.32. The molecule has 0 aliphatic rings. The van der Waals surface area contributed by atoms with Crippen LogP contribution in [0.25, 0.3) is 16.9 Å². The summed E-state index contributed by atoms with van der Waals surface area (Å²) in [4.78, 5) is 30.4.